The van der Waals surface area contributed by atoms with E-state index in [9.17, 15) is 5.11 Å². The molecule has 0 radical (unpaired) electrons. The predicted octanol–water partition coefficient (Wildman–Crippen LogP) is 4.23. The first-order chi connectivity index (χ1) is 9.81. The number of nitrogens with zero attached hydrogens (tertiary/aromatic N) is 1. The van der Waals surface area contributed by atoms with Gasteiger partial charge in [0.25, 0.3) is 0 Å². The molecule has 20 heavy (non-hydrogen) atoms. The van der Waals surface area contributed by atoms with Crippen LogP contribution < -0.4 is 4.90 Å². The SMILES string of the molecule is CCCCN(CC1CCCCCC1O)c1ccccc1. The average molecular weight is 275 g/mol. The molecule has 1 aliphatic carbocycles. The number of benzene rings is 1. The van der Waals surface area contributed by atoms with E-state index in [-0.39, 0.29) is 6.10 Å². The Bertz CT molecular complexity index is 365. The van der Waals surface area contributed by atoms with Crippen molar-refractivity contribution in [3.8, 4) is 0 Å². The molecular formula is C18H29NO. The van der Waals surface area contributed by atoms with Gasteiger partial charge in [0.1, 0.15) is 0 Å². The summed E-state index contributed by atoms with van der Waals surface area (Å²) in [5.41, 5.74) is 1.30. The van der Waals surface area contributed by atoms with Crippen molar-refractivity contribution in [2.75, 3.05) is 18.0 Å². The van der Waals surface area contributed by atoms with Crippen LogP contribution in [-0.4, -0.2) is 24.3 Å². The Kier molecular flexibility index (Phi) is 6.38. The first-order valence-corrected chi connectivity index (χ1v) is 8.29. The number of aliphatic hydroxyl groups is 1. The van der Waals surface area contributed by atoms with Gasteiger partial charge in [-0.25, -0.2) is 0 Å². The van der Waals surface area contributed by atoms with E-state index in [1.807, 2.05) is 0 Å². The molecule has 0 amide bonds. The highest BCUT2D eigenvalue weighted by atomic mass is 16.3. The smallest absolute Gasteiger partial charge is 0.0585 e. The summed E-state index contributed by atoms with van der Waals surface area (Å²) in [6.45, 7) is 4.35. The summed E-state index contributed by atoms with van der Waals surface area (Å²) in [5.74, 6) is 0.439. The summed E-state index contributed by atoms with van der Waals surface area (Å²) >= 11 is 0. The zero-order valence-corrected chi connectivity index (χ0v) is 12.8. The predicted molar refractivity (Wildman–Crippen MR) is 86.1 cm³/mol. The molecule has 0 saturated heterocycles. The fraction of sp³-hybridized carbons (Fsp3) is 0.667. The third kappa shape index (κ3) is 4.52. The van der Waals surface area contributed by atoms with Crippen LogP contribution in [0.5, 0.6) is 0 Å². The van der Waals surface area contributed by atoms with Crippen LogP contribution >= 0.6 is 0 Å². The molecule has 1 aromatic carbocycles. The summed E-state index contributed by atoms with van der Waals surface area (Å²) < 4.78 is 0. The standard InChI is InChI=1S/C18H29NO/c1-2-3-14-19(17-11-7-5-8-12-17)15-16-10-6-4-9-13-18(16)20/h5,7-8,11-12,16,18,20H,2-4,6,9-10,13-15H2,1H3. The maximum Gasteiger partial charge on any atom is 0.0585 e. The second-order valence-corrected chi connectivity index (χ2v) is 6.10. The Hall–Kier alpha value is -1.02. The van der Waals surface area contributed by atoms with Gasteiger partial charge in [-0.15, -0.1) is 0 Å². The number of aliphatic hydroxyl groups excluding tert-OH is 1. The lowest BCUT2D eigenvalue weighted by atomic mass is 9.96. The topological polar surface area (TPSA) is 23.5 Å². The molecular weight excluding hydrogens is 246 g/mol. The van der Waals surface area contributed by atoms with Gasteiger partial charge in [-0.3, -0.25) is 0 Å². The zero-order chi connectivity index (χ0) is 14.2. The van der Waals surface area contributed by atoms with Crippen molar-refractivity contribution in [1.29, 1.82) is 0 Å². The summed E-state index contributed by atoms with van der Waals surface area (Å²) in [4.78, 5) is 2.47. The first kappa shape index (κ1) is 15.4. The Morgan fingerprint density at radius 1 is 1.10 bits per heavy atom. The third-order valence-electron chi connectivity index (χ3n) is 4.48. The molecule has 2 atom stereocenters. The van der Waals surface area contributed by atoms with Gasteiger partial charge in [-0.1, -0.05) is 50.8 Å². The zero-order valence-electron chi connectivity index (χ0n) is 12.8. The lowest BCUT2D eigenvalue weighted by Gasteiger charge is -2.31. The molecule has 1 aromatic rings. The lowest BCUT2D eigenvalue weighted by Crippen LogP contribution is -2.35. The molecule has 2 unspecified atom stereocenters. The van der Waals surface area contributed by atoms with Crippen molar-refractivity contribution < 1.29 is 5.11 Å². The Morgan fingerprint density at radius 3 is 2.60 bits per heavy atom. The number of hydrogen-bond acceptors (Lipinski definition) is 2. The van der Waals surface area contributed by atoms with Gasteiger partial charge >= 0.3 is 0 Å². The Morgan fingerprint density at radius 2 is 1.85 bits per heavy atom. The molecule has 1 fully saturated rings. The molecule has 2 nitrogen and oxygen atoms in total. The summed E-state index contributed by atoms with van der Waals surface area (Å²) in [5, 5.41) is 10.3. The summed E-state index contributed by atoms with van der Waals surface area (Å²) in [6.07, 6.45) is 8.25. The summed E-state index contributed by atoms with van der Waals surface area (Å²) in [6, 6.07) is 10.7. The van der Waals surface area contributed by atoms with Gasteiger partial charge in [0.2, 0.25) is 0 Å². The van der Waals surface area contributed by atoms with Gasteiger partial charge in [-0.05, 0) is 31.4 Å². The quantitative estimate of drug-likeness (QED) is 0.785. The second kappa shape index (κ2) is 8.31. The minimum atomic E-state index is -0.106. The van der Waals surface area contributed by atoms with Crippen molar-refractivity contribution >= 4 is 5.69 Å². The van der Waals surface area contributed by atoms with E-state index in [2.05, 4.69) is 42.2 Å². The van der Waals surface area contributed by atoms with Crippen molar-refractivity contribution in [3.05, 3.63) is 30.3 Å². The van der Waals surface area contributed by atoms with E-state index in [1.54, 1.807) is 0 Å². The molecule has 1 N–H and O–H groups in total. The first-order valence-electron chi connectivity index (χ1n) is 8.29. The van der Waals surface area contributed by atoms with E-state index >= 15 is 0 Å². The fourth-order valence-electron chi connectivity index (χ4n) is 3.17. The fourth-order valence-corrected chi connectivity index (χ4v) is 3.17. The van der Waals surface area contributed by atoms with Crippen LogP contribution in [0.15, 0.2) is 30.3 Å². The maximum absolute atomic E-state index is 10.3. The third-order valence-corrected chi connectivity index (χ3v) is 4.48. The molecule has 2 rings (SSSR count). The lowest BCUT2D eigenvalue weighted by molar-refractivity contribution is 0.103. The van der Waals surface area contributed by atoms with Crippen molar-refractivity contribution in [3.63, 3.8) is 0 Å². The number of para-hydroxylation sites is 1. The molecule has 0 aromatic heterocycles. The molecule has 0 heterocycles. The second-order valence-electron chi connectivity index (χ2n) is 6.10. The number of rotatable bonds is 6. The van der Waals surface area contributed by atoms with Crippen LogP contribution in [-0.2, 0) is 0 Å². The van der Waals surface area contributed by atoms with Crippen LogP contribution in [0.25, 0.3) is 0 Å². The van der Waals surface area contributed by atoms with Crippen molar-refractivity contribution in [2.24, 2.45) is 5.92 Å². The van der Waals surface area contributed by atoms with E-state index in [0.29, 0.717) is 5.92 Å². The van der Waals surface area contributed by atoms with Gasteiger partial charge in [-0.2, -0.15) is 0 Å². The maximum atomic E-state index is 10.3. The monoisotopic (exact) mass is 275 g/mol. The minimum Gasteiger partial charge on any atom is -0.393 e. The van der Waals surface area contributed by atoms with E-state index in [4.69, 9.17) is 0 Å². The van der Waals surface area contributed by atoms with Gasteiger partial charge < -0.3 is 10.0 Å². The van der Waals surface area contributed by atoms with Gasteiger partial charge in [0, 0.05) is 24.7 Å². The molecule has 0 aliphatic heterocycles. The number of hydrogen-bond donors (Lipinski definition) is 1. The van der Waals surface area contributed by atoms with Crippen LogP contribution in [0.4, 0.5) is 5.69 Å². The number of anilines is 1. The van der Waals surface area contributed by atoms with E-state index < -0.39 is 0 Å². The van der Waals surface area contributed by atoms with Crippen molar-refractivity contribution in [1.82, 2.24) is 0 Å². The molecule has 2 heteroatoms. The van der Waals surface area contributed by atoms with Crippen molar-refractivity contribution in [2.45, 2.75) is 58.0 Å². The largest absolute Gasteiger partial charge is 0.393 e. The van der Waals surface area contributed by atoms with Gasteiger partial charge in [0.05, 0.1) is 6.10 Å². The highest BCUT2D eigenvalue weighted by Crippen LogP contribution is 2.26. The Balaban J connectivity index is 2.02. The molecule has 0 spiro atoms. The van der Waals surface area contributed by atoms with Crippen LogP contribution in [0, 0.1) is 5.92 Å². The molecule has 0 bridgehead atoms. The molecule has 1 saturated carbocycles. The highest BCUT2D eigenvalue weighted by Gasteiger charge is 2.23. The minimum absolute atomic E-state index is 0.106. The average Bonchev–Trinajstić information content (AvgIpc) is 2.69. The normalized spacial score (nSPS) is 23.3. The van der Waals surface area contributed by atoms with Crippen LogP contribution in [0.2, 0.25) is 0 Å². The number of unbranched alkanes of at least 4 members (excludes halogenated alkanes) is 1. The van der Waals surface area contributed by atoms with E-state index in [0.717, 1.165) is 19.5 Å². The highest BCUT2D eigenvalue weighted by molar-refractivity contribution is 5.46. The Labute approximate surface area is 123 Å². The van der Waals surface area contributed by atoms with Crippen LogP contribution in [0.1, 0.15) is 51.9 Å². The van der Waals surface area contributed by atoms with Gasteiger partial charge in [0.15, 0.2) is 0 Å². The van der Waals surface area contributed by atoms with E-state index in [1.165, 1.54) is 44.2 Å². The molecule has 112 valence electrons. The molecule has 1 aliphatic rings. The summed E-state index contributed by atoms with van der Waals surface area (Å²) in [7, 11) is 0. The van der Waals surface area contributed by atoms with Crippen LogP contribution in [0.3, 0.4) is 0 Å².